The van der Waals surface area contributed by atoms with Gasteiger partial charge in [0.2, 0.25) is 0 Å². The van der Waals surface area contributed by atoms with Crippen molar-refractivity contribution in [2.75, 3.05) is 6.07 Å². The quantitative estimate of drug-likeness (QED) is 0.100. The van der Waals surface area contributed by atoms with Crippen molar-refractivity contribution in [2.24, 2.45) is 0 Å². The lowest BCUT2D eigenvalue weighted by Gasteiger charge is -2.04. The lowest BCUT2D eigenvalue weighted by Crippen LogP contribution is -2.01. The summed E-state index contributed by atoms with van der Waals surface area (Å²) >= 11 is 5.33. The number of carbonyl (C=O) groups is 2. The molecule has 0 aliphatic rings. The SMILES string of the molecule is O=CCCCCCCCCCCCCCCCCCCC(=O)OCCl. The minimum atomic E-state index is -0.173. The number of rotatable bonds is 20. The second-order valence-electron chi connectivity index (χ2n) is 6.99. The number of halogens is 1. The highest BCUT2D eigenvalue weighted by molar-refractivity contribution is 6.17. The summed E-state index contributed by atoms with van der Waals surface area (Å²) in [4.78, 5) is 21.3. The molecule has 0 aromatic heterocycles. The van der Waals surface area contributed by atoms with Crippen LogP contribution in [0.4, 0.5) is 0 Å². The first-order valence-corrected chi connectivity index (χ1v) is 11.0. The van der Waals surface area contributed by atoms with Crippen LogP contribution in [0.1, 0.15) is 116 Å². The van der Waals surface area contributed by atoms with Crippen molar-refractivity contribution >= 4 is 23.9 Å². The van der Waals surface area contributed by atoms with Crippen molar-refractivity contribution in [1.29, 1.82) is 0 Å². The average molecular weight is 375 g/mol. The molecule has 0 fully saturated rings. The van der Waals surface area contributed by atoms with Crippen LogP contribution in [-0.4, -0.2) is 18.3 Å². The second-order valence-corrected chi connectivity index (χ2v) is 7.21. The van der Waals surface area contributed by atoms with Gasteiger partial charge in [-0.2, -0.15) is 0 Å². The molecule has 0 saturated carbocycles. The number of hydrogen-bond donors (Lipinski definition) is 0. The minimum absolute atomic E-state index is 0.0265. The third kappa shape index (κ3) is 21.4. The van der Waals surface area contributed by atoms with Gasteiger partial charge < -0.3 is 9.53 Å². The van der Waals surface area contributed by atoms with Gasteiger partial charge in [-0.15, -0.1) is 0 Å². The number of hydrogen-bond acceptors (Lipinski definition) is 3. The summed E-state index contributed by atoms with van der Waals surface area (Å²) in [5.41, 5.74) is 0. The lowest BCUT2D eigenvalue weighted by atomic mass is 10.0. The van der Waals surface area contributed by atoms with Gasteiger partial charge in [0, 0.05) is 12.8 Å². The van der Waals surface area contributed by atoms with Crippen molar-refractivity contribution in [3.8, 4) is 0 Å². The van der Waals surface area contributed by atoms with Gasteiger partial charge in [-0.3, -0.25) is 4.79 Å². The number of ether oxygens (including phenoxy) is 1. The first-order chi connectivity index (χ1) is 12.3. The molecular formula is C21H39ClO3. The summed E-state index contributed by atoms with van der Waals surface area (Å²) in [6, 6.07) is -0.0265. The normalized spacial score (nSPS) is 10.8. The first-order valence-electron chi connectivity index (χ1n) is 10.5. The third-order valence-corrected chi connectivity index (χ3v) is 4.78. The van der Waals surface area contributed by atoms with E-state index in [1.165, 1.54) is 83.5 Å². The van der Waals surface area contributed by atoms with E-state index in [0.717, 1.165) is 32.0 Å². The molecule has 0 radical (unpaired) electrons. The molecule has 0 aromatic carbocycles. The maximum absolute atomic E-state index is 11.1. The zero-order chi connectivity index (χ0) is 18.4. The van der Waals surface area contributed by atoms with E-state index < -0.39 is 0 Å². The molecule has 0 bridgehead atoms. The first kappa shape index (κ1) is 24.4. The Morgan fingerprint density at radius 2 is 1.00 bits per heavy atom. The number of carbonyl (C=O) groups excluding carboxylic acids is 2. The van der Waals surface area contributed by atoms with E-state index in [-0.39, 0.29) is 12.0 Å². The van der Waals surface area contributed by atoms with Gasteiger partial charge in [-0.05, 0) is 12.8 Å². The summed E-state index contributed by atoms with van der Waals surface area (Å²) in [5, 5.41) is 0. The Labute approximate surface area is 160 Å². The molecule has 0 aromatic rings. The van der Waals surface area contributed by atoms with Crippen LogP contribution in [0, 0.1) is 0 Å². The molecule has 0 N–H and O–H groups in total. The summed E-state index contributed by atoms with van der Waals surface area (Å²) < 4.78 is 4.69. The molecule has 148 valence electrons. The monoisotopic (exact) mass is 374 g/mol. The fraction of sp³-hybridized carbons (Fsp3) is 0.905. The number of aldehydes is 1. The molecule has 0 amide bonds. The molecule has 0 saturated heterocycles. The summed E-state index contributed by atoms with van der Waals surface area (Å²) in [5.74, 6) is -0.173. The van der Waals surface area contributed by atoms with Crippen LogP contribution in [0.5, 0.6) is 0 Å². The Kier molecular flexibility index (Phi) is 21.0. The Balaban J connectivity index is 3.03. The summed E-state index contributed by atoms with van der Waals surface area (Å²) in [6.45, 7) is 0. The predicted octanol–water partition coefficient (Wildman–Crippen LogP) is 6.95. The zero-order valence-electron chi connectivity index (χ0n) is 16.1. The molecule has 0 spiro atoms. The third-order valence-electron chi connectivity index (χ3n) is 4.67. The smallest absolute Gasteiger partial charge is 0.306 e. The van der Waals surface area contributed by atoms with Crippen LogP contribution in [0.3, 0.4) is 0 Å². The van der Waals surface area contributed by atoms with Crippen LogP contribution < -0.4 is 0 Å². The maximum atomic E-state index is 11.1. The molecule has 25 heavy (non-hydrogen) atoms. The highest BCUT2D eigenvalue weighted by atomic mass is 35.5. The Morgan fingerprint density at radius 3 is 1.36 bits per heavy atom. The van der Waals surface area contributed by atoms with Crippen LogP contribution in [0.2, 0.25) is 0 Å². The van der Waals surface area contributed by atoms with Crippen molar-refractivity contribution in [1.82, 2.24) is 0 Å². The fourth-order valence-electron chi connectivity index (χ4n) is 3.10. The van der Waals surface area contributed by atoms with Crippen molar-refractivity contribution in [2.45, 2.75) is 116 Å². The van der Waals surface area contributed by atoms with Gasteiger partial charge in [-0.25, -0.2) is 0 Å². The van der Waals surface area contributed by atoms with Gasteiger partial charge in [0.25, 0.3) is 0 Å². The van der Waals surface area contributed by atoms with Crippen molar-refractivity contribution in [3.63, 3.8) is 0 Å². The van der Waals surface area contributed by atoms with Crippen molar-refractivity contribution in [3.05, 3.63) is 0 Å². The molecule has 0 aliphatic carbocycles. The average Bonchev–Trinajstić information content (AvgIpc) is 2.61. The van der Waals surface area contributed by atoms with E-state index >= 15 is 0 Å². The zero-order valence-corrected chi connectivity index (χ0v) is 16.9. The lowest BCUT2D eigenvalue weighted by molar-refractivity contribution is -0.141. The highest BCUT2D eigenvalue weighted by Crippen LogP contribution is 2.14. The molecule has 4 heteroatoms. The van der Waals surface area contributed by atoms with Gasteiger partial charge in [0.15, 0.2) is 6.07 Å². The fourth-order valence-corrected chi connectivity index (χ4v) is 3.23. The van der Waals surface area contributed by atoms with E-state index in [9.17, 15) is 9.59 Å². The molecule has 0 atom stereocenters. The van der Waals surface area contributed by atoms with Crippen molar-refractivity contribution < 1.29 is 14.3 Å². The Hall–Kier alpha value is -0.570. The van der Waals surface area contributed by atoms with Gasteiger partial charge in [-0.1, -0.05) is 101 Å². The van der Waals surface area contributed by atoms with E-state index in [1.54, 1.807) is 0 Å². The summed E-state index contributed by atoms with van der Waals surface area (Å²) in [7, 11) is 0. The number of alkyl halides is 1. The van der Waals surface area contributed by atoms with E-state index in [1.807, 2.05) is 0 Å². The molecular weight excluding hydrogens is 336 g/mol. The summed E-state index contributed by atoms with van der Waals surface area (Å²) in [6.07, 6.45) is 22.7. The van der Waals surface area contributed by atoms with Crippen LogP contribution in [0.25, 0.3) is 0 Å². The molecule has 0 unspecified atom stereocenters. The molecule has 0 heterocycles. The molecule has 3 nitrogen and oxygen atoms in total. The topological polar surface area (TPSA) is 43.4 Å². The van der Waals surface area contributed by atoms with E-state index in [0.29, 0.717) is 6.42 Å². The van der Waals surface area contributed by atoms with E-state index in [2.05, 4.69) is 0 Å². The van der Waals surface area contributed by atoms with Gasteiger partial charge >= 0.3 is 5.97 Å². The predicted molar refractivity (Wildman–Crippen MR) is 106 cm³/mol. The minimum Gasteiger partial charge on any atom is -0.449 e. The van der Waals surface area contributed by atoms with Gasteiger partial charge in [0.05, 0.1) is 0 Å². The Bertz CT molecular complexity index is 295. The largest absolute Gasteiger partial charge is 0.449 e. The van der Waals surface area contributed by atoms with Crippen LogP contribution in [-0.2, 0) is 14.3 Å². The highest BCUT2D eigenvalue weighted by Gasteiger charge is 2.01. The second kappa shape index (κ2) is 21.5. The standard InChI is InChI=1S/C21H39ClO3/c22-20-25-21(24)18-16-14-12-10-8-6-4-2-1-3-5-7-9-11-13-15-17-19-23/h19H,1-18,20H2. The molecule has 0 rings (SSSR count). The maximum Gasteiger partial charge on any atom is 0.306 e. The van der Waals surface area contributed by atoms with E-state index in [4.69, 9.17) is 16.3 Å². The van der Waals surface area contributed by atoms with Gasteiger partial charge in [0.1, 0.15) is 6.29 Å². The Morgan fingerprint density at radius 1 is 0.640 bits per heavy atom. The van der Waals surface area contributed by atoms with Crippen LogP contribution >= 0.6 is 11.6 Å². The van der Waals surface area contributed by atoms with Crippen LogP contribution in [0.15, 0.2) is 0 Å². The molecule has 0 aliphatic heterocycles. The number of unbranched alkanes of at least 4 members (excludes halogenated alkanes) is 16. The number of esters is 1.